The normalized spacial score (nSPS) is 18.4. The lowest BCUT2D eigenvalue weighted by Gasteiger charge is -2.33. The Morgan fingerprint density at radius 3 is 2.57 bits per heavy atom. The Bertz CT molecular complexity index is 1540. The highest BCUT2D eigenvalue weighted by atomic mass is 19.4. The fourth-order valence-corrected chi connectivity index (χ4v) is 4.56. The van der Waals surface area contributed by atoms with Gasteiger partial charge < -0.3 is 5.32 Å². The van der Waals surface area contributed by atoms with E-state index in [4.69, 9.17) is 0 Å². The SMILES string of the molecule is CC(C)c1ccc([C@@H]2C[C@@H](C(F)(F)F)n3nc(-c4nc5c6cnn(C)c6ncn5n4)cc3N2)cc1. The van der Waals surface area contributed by atoms with Gasteiger partial charge in [0.15, 0.2) is 17.3 Å². The minimum absolute atomic E-state index is 0.169. The van der Waals surface area contributed by atoms with Crippen molar-refractivity contribution in [2.45, 2.75) is 44.4 Å². The fraction of sp³-hybridized carbons (Fsp3) is 0.348. The van der Waals surface area contributed by atoms with Crippen molar-refractivity contribution in [1.29, 1.82) is 0 Å². The maximum absolute atomic E-state index is 14.1. The first-order valence-electron chi connectivity index (χ1n) is 11.2. The molecule has 5 heterocycles. The summed E-state index contributed by atoms with van der Waals surface area (Å²) in [6.07, 6.45) is -1.50. The lowest BCUT2D eigenvalue weighted by Crippen LogP contribution is -2.35. The number of nitrogens with zero attached hydrogens (tertiary/aromatic N) is 8. The first kappa shape index (κ1) is 21.6. The Morgan fingerprint density at radius 1 is 1.09 bits per heavy atom. The molecule has 12 heteroatoms. The standard InChI is InChI=1S/C23H22F3N9/c1-12(2)13-4-6-14(7-5-13)16-8-18(23(24,25)26)35-19(29-16)9-17(31-35)20-30-22-15-10-28-33(3)21(15)27-11-34(22)32-20/h4-7,9-12,16,18,29H,8H2,1-3H3/t16-,18-/m0/s1. The number of hydrogen-bond acceptors (Lipinski definition) is 6. The third-order valence-corrected chi connectivity index (χ3v) is 6.49. The summed E-state index contributed by atoms with van der Waals surface area (Å²) in [7, 11) is 1.77. The van der Waals surface area contributed by atoms with Crippen LogP contribution in [0.5, 0.6) is 0 Å². The lowest BCUT2D eigenvalue weighted by molar-refractivity contribution is -0.173. The zero-order valence-electron chi connectivity index (χ0n) is 19.2. The average molecular weight is 481 g/mol. The molecule has 5 aromatic rings. The highest BCUT2D eigenvalue weighted by molar-refractivity contribution is 5.88. The first-order chi connectivity index (χ1) is 16.7. The van der Waals surface area contributed by atoms with E-state index in [1.807, 2.05) is 24.3 Å². The van der Waals surface area contributed by atoms with Gasteiger partial charge >= 0.3 is 6.18 Å². The van der Waals surface area contributed by atoms with Crippen molar-refractivity contribution in [2.75, 3.05) is 5.32 Å². The summed E-state index contributed by atoms with van der Waals surface area (Å²) in [6, 6.07) is 7.01. The van der Waals surface area contributed by atoms with E-state index in [0.717, 1.165) is 15.8 Å². The molecule has 0 unspecified atom stereocenters. The maximum Gasteiger partial charge on any atom is 0.410 e. The second-order valence-electron chi connectivity index (χ2n) is 9.12. The molecule has 0 saturated heterocycles. The number of aryl methyl sites for hydroxylation is 1. The molecule has 0 aliphatic carbocycles. The van der Waals surface area contributed by atoms with E-state index in [0.29, 0.717) is 22.6 Å². The number of fused-ring (bicyclic) bond motifs is 4. The Kier molecular flexibility index (Phi) is 4.63. The van der Waals surface area contributed by atoms with Crippen LogP contribution in [0.2, 0.25) is 0 Å². The molecule has 9 nitrogen and oxygen atoms in total. The van der Waals surface area contributed by atoms with Gasteiger partial charge in [-0.15, -0.1) is 5.10 Å². The molecule has 0 amide bonds. The van der Waals surface area contributed by atoms with Gasteiger partial charge in [0.05, 0.1) is 17.6 Å². The predicted octanol–water partition coefficient (Wildman–Crippen LogP) is 4.66. The van der Waals surface area contributed by atoms with Gasteiger partial charge in [0.25, 0.3) is 0 Å². The molecule has 0 bridgehead atoms. The van der Waals surface area contributed by atoms with Gasteiger partial charge in [-0.2, -0.15) is 23.4 Å². The Hall–Kier alpha value is -3.96. The van der Waals surface area contributed by atoms with Gasteiger partial charge in [0.2, 0.25) is 5.82 Å². The molecule has 2 atom stereocenters. The monoisotopic (exact) mass is 481 g/mol. The highest BCUT2D eigenvalue weighted by Crippen LogP contribution is 2.44. The average Bonchev–Trinajstić information content (AvgIpc) is 3.53. The van der Waals surface area contributed by atoms with Crippen molar-refractivity contribution >= 4 is 22.5 Å². The summed E-state index contributed by atoms with van der Waals surface area (Å²) in [5.74, 6) is 0.831. The van der Waals surface area contributed by atoms with E-state index in [1.54, 1.807) is 24.0 Å². The molecule has 180 valence electrons. The van der Waals surface area contributed by atoms with Crippen LogP contribution in [0.25, 0.3) is 28.2 Å². The summed E-state index contributed by atoms with van der Waals surface area (Å²) in [5.41, 5.74) is 3.32. The molecule has 1 aromatic carbocycles. The number of nitrogens with one attached hydrogen (secondary N) is 1. The molecule has 0 saturated carbocycles. The van der Waals surface area contributed by atoms with Gasteiger partial charge in [0, 0.05) is 19.5 Å². The van der Waals surface area contributed by atoms with Gasteiger partial charge in [-0.05, 0) is 17.0 Å². The Balaban J connectivity index is 1.40. The van der Waals surface area contributed by atoms with E-state index >= 15 is 0 Å². The van der Waals surface area contributed by atoms with Crippen molar-refractivity contribution in [2.24, 2.45) is 7.05 Å². The molecule has 1 aliphatic heterocycles. The van der Waals surface area contributed by atoms with Crippen LogP contribution in [0.3, 0.4) is 0 Å². The number of rotatable bonds is 3. The van der Waals surface area contributed by atoms with E-state index in [2.05, 4.69) is 44.4 Å². The van der Waals surface area contributed by atoms with Crippen LogP contribution in [-0.2, 0) is 7.05 Å². The van der Waals surface area contributed by atoms with Crippen molar-refractivity contribution in [1.82, 2.24) is 39.1 Å². The molecule has 1 N–H and O–H groups in total. The Morgan fingerprint density at radius 2 is 1.86 bits per heavy atom. The smallest absolute Gasteiger partial charge is 0.363 e. The quantitative estimate of drug-likeness (QED) is 0.403. The zero-order valence-corrected chi connectivity index (χ0v) is 19.2. The largest absolute Gasteiger partial charge is 0.410 e. The first-order valence-corrected chi connectivity index (χ1v) is 11.2. The zero-order chi connectivity index (χ0) is 24.5. The third-order valence-electron chi connectivity index (χ3n) is 6.49. The van der Waals surface area contributed by atoms with Crippen LogP contribution in [0.15, 0.2) is 42.9 Å². The number of anilines is 1. The second-order valence-corrected chi connectivity index (χ2v) is 9.12. The molecule has 4 aromatic heterocycles. The molecule has 0 spiro atoms. The topological polar surface area (TPSA) is 90.8 Å². The summed E-state index contributed by atoms with van der Waals surface area (Å²) in [6.45, 7) is 4.16. The molecular weight excluding hydrogens is 459 g/mol. The van der Waals surface area contributed by atoms with Gasteiger partial charge in [-0.1, -0.05) is 38.1 Å². The van der Waals surface area contributed by atoms with E-state index < -0.39 is 18.3 Å². The molecule has 1 aliphatic rings. The molecule has 0 radical (unpaired) electrons. The number of alkyl halides is 3. The van der Waals surface area contributed by atoms with Crippen LogP contribution in [-0.4, -0.2) is 45.3 Å². The summed E-state index contributed by atoms with van der Waals surface area (Å²) >= 11 is 0. The predicted molar refractivity (Wildman–Crippen MR) is 123 cm³/mol. The van der Waals surface area contributed by atoms with E-state index in [-0.39, 0.29) is 23.8 Å². The van der Waals surface area contributed by atoms with Crippen molar-refractivity contribution in [3.8, 4) is 11.5 Å². The number of hydrogen-bond donors (Lipinski definition) is 1. The van der Waals surface area contributed by atoms with Crippen LogP contribution in [0.1, 0.15) is 49.4 Å². The van der Waals surface area contributed by atoms with Crippen LogP contribution in [0, 0.1) is 0 Å². The van der Waals surface area contributed by atoms with Gasteiger partial charge in [-0.3, -0.25) is 4.68 Å². The maximum atomic E-state index is 14.1. The van der Waals surface area contributed by atoms with Gasteiger partial charge in [-0.25, -0.2) is 19.2 Å². The number of aromatic nitrogens is 8. The van der Waals surface area contributed by atoms with Gasteiger partial charge in [0.1, 0.15) is 17.8 Å². The molecule has 35 heavy (non-hydrogen) atoms. The number of halogens is 3. The van der Waals surface area contributed by atoms with E-state index in [9.17, 15) is 13.2 Å². The molecule has 6 rings (SSSR count). The third kappa shape index (κ3) is 3.51. The number of benzene rings is 1. The van der Waals surface area contributed by atoms with Crippen molar-refractivity contribution in [3.63, 3.8) is 0 Å². The summed E-state index contributed by atoms with van der Waals surface area (Å²) in [4.78, 5) is 8.85. The minimum Gasteiger partial charge on any atom is -0.363 e. The highest BCUT2D eigenvalue weighted by Gasteiger charge is 2.46. The fourth-order valence-electron chi connectivity index (χ4n) is 4.56. The second kappa shape index (κ2) is 7.52. The molecular formula is C23H22F3N9. The minimum atomic E-state index is -4.46. The van der Waals surface area contributed by atoms with Crippen molar-refractivity contribution in [3.05, 3.63) is 54.0 Å². The van der Waals surface area contributed by atoms with Crippen LogP contribution < -0.4 is 5.32 Å². The van der Waals surface area contributed by atoms with Crippen LogP contribution in [0.4, 0.5) is 19.0 Å². The van der Waals surface area contributed by atoms with Crippen molar-refractivity contribution < 1.29 is 13.2 Å². The summed E-state index contributed by atoms with van der Waals surface area (Å²) < 4.78 is 46.4. The summed E-state index contributed by atoms with van der Waals surface area (Å²) in [5, 5.41) is 16.8. The Labute approximate surface area is 197 Å². The lowest BCUT2D eigenvalue weighted by atomic mass is 9.94. The molecule has 0 fully saturated rings. The van der Waals surface area contributed by atoms with Crippen LogP contribution >= 0.6 is 0 Å². The van der Waals surface area contributed by atoms with E-state index in [1.165, 1.54) is 10.8 Å².